The van der Waals surface area contributed by atoms with E-state index in [0.717, 1.165) is 6.07 Å². The normalized spacial score (nSPS) is 10.6. The van der Waals surface area contributed by atoms with Crippen molar-refractivity contribution >= 4 is 17.6 Å². The molecule has 0 aliphatic carbocycles. The van der Waals surface area contributed by atoms with Crippen LogP contribution in [0.15, 0.2) is 36.4 Å². The molecule has 0 amide bonds. The summed E-state index contributed by atoms with van der Waals surface area (Å²) in [6.45, 7) is 2.46. The van der Waals surface area contributed by atoms with E-state index in [1.165, 1.54) is 12.1 Å². The van der Waals surface area contributed by atoms with Crippen molar-refractivity contribution in [1.82, 2.24) is 0 Å². The number of hydrogen-bond acceptors (Lipinski definition) is 2. The van der Waals surface area contributed by atoms with Gasteiger partial charge in [0.1, 0.15) is 5.82 Å². The fourth-order valence-electron chi connectivity index (χ4n) is 2.12. The van der Waals surface area contributed by atoms with Gasteiger partial charge in [-0.1, -0.05) is 29.8 Å². The zero-order chi connectivity index (χ0) is 15.4. The maximum atomic E-state index is 14.1. The maximum Gasteiger partial charge on any atom is 0.336 e. The predicted molar refractivity (Wildman–Crippen MR) is 79.1 cm³/mol. The molecule has 21 heavy (non-hydrogen) atoms. The summed E-state index contributed by atoms with van der Waals surface area (Å²) in [4.78, 5) is 11.6. The Morgan fingerprint density at radius 2 is 2.05 bits per heavy atom. The van der Waals surface area contributed by atoms with Gasteiger partial charge in [-0.25, -0.2) is 9.18 Å². The topological polar surface area (TPSA) is 46.5 Å². The minimum Gasteiger partial charge on any atom is -0.478 e. The highest BCUT2D eigenvalue weighted by atomic mass is 35.5. The summed E-state index contributed by atoms with van der Waals surface area (Å²) in [6, 6.07) is 9.09. The van der Waals surface area contributed by atoms with Crippen LogP contribution >= 0.6 is 11.6 Å². The average molecular weight is 309 g/mol. The zero-order valence-corrected chi connectivity index (χ0v) is 12.2. The van der Waals surface area contributed by atoms with Crippen molar-refractivity contribution in [3.8, 4) is 11.1 Å². The Kier molecular flexibility index (Phi) is 4.94. The van der Waals surface area contributed by atoms with Crippen LogP contribution in [0.4, 0.5) is 4.39 Å². The lowest BCUT2D eigenvalue weighted by atomic mass is 9.95. The molecule has 1 N–H and O–H groups in total. The fourth-order valence-corrected chi connectivity index (χ4v) is 2.28. The number of benzene rings is 2. The van der Waals surface area contributed by atoms with Gasteiger partial charge < -0.3 is 9.84 Å². The highest BCUT2D eigenvalue weighted by Gasteiger charge is 2.18. The van der Waals surface area contributed by atoms with Gasteiger partial charge >= 0.3 is 5.97 Å². The third kappa shape index (κ3) is 3.40. The summed E-state index contributed by atoms with van der Waals surface area (Å²) in [5, 5.41) is 9.71. The molecule has 0 aliphatic heterocycles. The van der Waals surface area contributed by atoms with Gasteiger partial charge in [0, 0.05) is 17.2 Å². The summed E-state index contributed by atoms with van der Waals surface area (Å²) < 4.78 is 19.3. The Labute approximate surface area is 126 Å². The highest BCUT2D eigenvalue weighted by Crippen LogP contribution is 2.30. The molecule has 110 valence electrons. The number of ether oxygens (including phenoxy) is 1. The van der Waals surface area contributed by atoms with Crippen LogP contribution in [0.2, 0.25) is 5.02 Å². The fraction of sp³-hybridized carbons (Fsp3) is 0.188. The van der Waals surface area contributed by atoms with Gasteiger partial charge in [0.25, 0.3) is 0 Å². The Balaban J connectivity index is 2.59. The van der Waals surface area contributed by atoms with Crippen LogP contribution in [0.1, 0.15) is 22.8 Å². The van der Waals surface area contributed by atoms with Crippen molar-refractivity contribution in [2.24, 2.45) is 0 Å². The van der Waals surface area contributed by atoms with E-state index in [9.17, 15) is 14.3 Å². The number of hydrogen-bond donors (Lipinski definition) is 1. The maximum absolute atomic E-state index is 14.1. The van der Waals surface area contributed by atoms with E-state index in [4.69, 9.17) is 16.3 Å². The molecule has 0 atom stereocenters. The van der Waals surface area contributed by atoms with Crippen molar-refractivity contribution in [3.63, 3.8) is 0 Å². The van der Waals surface area contributed by atoms with E-state index in [2.05, 4.69) is 0 Å². The molecule has 0 unspecified atom stereocenters. The number of aromatic carboxylic acids is 1. The van der Waals surface area contributed by atoms with Crippen molar-refractivity contribution in [2.75, 3.05) is 6.61 Å². The third-order valence-corrected chi connectivity index (χ3v) is 3.28. The quantitative estimate of drug-likeness (QED) is 0.891. The molecule has 0 spiro atoms. The Morgan fingerprint density at radius 3 is 2.67 bits per heavy atom. The lowest BCUT2D eigenvalue weighted by Gasteiger charge is -2.12. The van der Waals surface area contributed by atoms with Gasteiger partial charge in [-0.2, -0.15) is 0 Å². The van der Waals surface area contributed by atoms with Gasteiger partial charge in [-0.05, 0) is 36.2 Å². The molecule has 0 bridgehead atoms. The monoisotopic (exact) mass is 308 g/mol. The van der Waals surface area contributed by atoms with Crippen LogP contribution in [0, 0.1) is 5.82 Å². The number of carboxylic acid groups (broad SMARTS) is 1. The zero-order valence-electron chi connectivity index (χ0n) is 11.4. The van der Waals surface area contributed by atoms with Crippen LogP contribution in [0.25, 0.3) is 11.1 Å². The van der Waals surface area contributed by atoms with Crippen molar-refractivity contribution in [1.29, 1.82) is 0 Å². The summed E-state index contributed by atoms with van der Waals surface area (Å²) in [6.07, 6.45) is 0. The lowest BCUT2D eigenvalue weighted by molar-refractivity contribution is 0.0689. The van der Waals surface area contributed by atoms with Crippen LogP contribution in [0.3, 0.4) is 0 Å². The Morgan fingerprint density at radius 1 is 1.29 bits per heavy atom. The van der Waals surface area contributed by atoms with E-state index in [1.807, 2.05) is 6.92 Å². The lowest BCUT2D eigenvalue weighted by Crippen LogP contribution is -2.07. The van der Waals surface area contributed by atoms with E-state index in [0.29, 0.717) is 17.7 Å². The summed E-state index contributed by atoms with van der Waals surface area (Å²) in [5.74, 6) is -1.67. The second kappa shape index (κ2) is 6.70. The summed E-state index contributed by atoms with van der Waals surface area (Å²) in [7, 11) is 0. The molecule has 0 saturated carbocycles. The first-order valence-electron chi connectivity index (χ1n) is 6.43. The molecular formula is C16H14ClFO3. The second-order valence-corrected chi connectivity index (χ2v) is 4.84. The van der Waals surface area contributed by atoms with E-state index in [1.54, 1.807) is 18.2 Å². The van der Waals surface area contributed by atoms with E-state index < -0.39 is 11.8 Å². The molecule has 0 fully saturated rings. The minimum absolute atomic E-state index is 0.0483. The van der Waals surface area contributed by atoms with Crippen LogP contribution in [-0.4, -0.2) is 17.7 Å². The number of halogens is 2. The molecule has 0 radical (unpaired) electrons. The van der Waals surface area contributed by atoms with Gasteiger partial charge in [0.2, 0.25) is 0 Å². The van der Waals surface area contributed by atoms with Gasteiger partial charge in [-0.15, -0.1) is 0 Å². The van der Waals surface area contributed by atoms with Crippen LogP contribution in [0.5, 0.6) is 0 Å². The molecule has 2 aromatic rings. The molecule has 2 rings (SSSR count). The molecule has 2 aromatic carbocycles. The molecule has 0 saturated heterocycles. The van der Waals surface area contributed by atoms with Crippen LogP contribution < -0.4 is 0 Å². The van der Waals surface area contributed by atoms with Crippen molar-refractivity contribution in [3.05, 3.63) is 58.4 Å². The van der Waals surface area contributed by atoms with E-state index >= 15 is 0 Å². The van der Waals surface area contributed by atoms with Gasteiger partial charge in [-0.3, -0.25) is 0 Å². The first-order valence-corrected chi connectivity index (χ1v) is 6.80. The molecule has 5 heteroatoms. The SMILES string of the molecule is CCOCc1cccc(-c2ccc(Cl)cc2F)c1C(=O)O. The molecular weight excluding hydrogens is 295 g/mol. The highest BCUT2D eigenvalue weighted by molar-refractivity contribution is 6.30. The largest absolute Gasteiger partial charge is 0.478 e. The smallest absolute Gasteiger partial charge is 0.336 e. The predicted octanol–water partition coefficient (Wildman–Crippen LogP) is 4.38. The second-order valence-electron chi connectivity index (χ2n) is 4.41. The molecule has 0 aliphatic rings. The third-order valence-electron chi connectivity index (χ3n) is 3.05. The number of carboxylic acids is 1. The van der Waals surface area contributed by atoms with E-state index in [-0.39, 0.29) is 22.8 Å². The van der Waals surface area contributed by atoms with Crippen LogP contribution in [-0.2, 0) is 11.3 Å². The van der Waals surface area contributed by atoms with Gasteiger partial charge in [0.05, 0.1) is 12.2 Å². The number of rotatable bonds is 5. The minimum atomic E-state index is -1.12. The first-order chi connectivity index (χ1) is 10.0. The summed E-state index contributed by atoms with van der Waals surface area (Å²) in [5.41, 5.74) is 1.08. The number of carbonyl (C=O) groups is 1. The standard InChI is InChI=1S/C16H14ClFO3/c1-2-21-9-10-4-3-5-13(15(10)16(19)20)12-7-6-11(17)8-14(12)18/h3-8H,2,9H2,1H3,(H,19,20). The molecule has 0 heterocycles. The Hall–Kier alpha value is -1.91. The van der Waals surface area contributed by atoms with Crippen molar-refractivity contribution < 1.29 is 19.0 Å². The Bertz CT molecular complexity index is 671. The van der Waals surface area contributed by atoms with Crippen molar-refractivity contribution in [2.45, 2.75) is 13.5 Å². The summed E-state index contributed by atoms with van der Waals surface area (Å²) >= 11 is 5.73. The molecule has 3 nitrogen and oxygen atoms in total. The molecule has 0 aromatic heterocycles. The van der Waals surface area contributed by atoms with Gasteiger partial charge in [0.15, 0.2) is 0 Å². The average Bonchev–Trinajstić information content (AvgIpc) is 2.44. The first kappa shape index (κ1) is 15.5.